The molecule has 4 nitrogen and oxygen atoms in total. The van der Waals surface area contributed by atoms with Crippen molar-refractivity contribution in [1.29, 1.82) is 0 Å². The Morgan fingerprint density at radius 1 is 1.19 bits per heavy atom. The SMILES string of the molecule is COc1ccc(/C=C2/N=C(Cc3ccc(Cl)cc3)NC2=O)cc1C(C)C. The van der Waals surface area contributed by atoms with Gasteiger partial charge in [0.05, 0.1) is 7.11 Å². The predicted molar refractivity (Wildman–Crippen MR) is 106 cm³/mol. The first-order chi connectivity index (χ1) is 12.5. The van der Waals surface area contributed by atoms with Crippen molar-refractivity contribution in [2.75, 3.05) is 7.11 Å². The average molecular weight is 369 g/mol. The van der Waals surface area contributed by atoms with Crippen molar-refractivity contribution in [3.8, 4) is 5.75 Å². The monoisotopic (exact) mass is 368 g/mol. The van der Waals surface area contributed by atoms with Crippen LogP contribution in [0.15, 0.2) is 53.2 Å². The van der Waals surface area contributed by atoms with Gasteiger partial charge in [0, 0.05) is 11.4 Å². The van der Waals surface area contributed by atoms with Crippen LogP contribution in [0, 0.1) is 0 Å². The molecule has 0 spiro atoms. The Bertz CT molecular complexity index is 883. The third kappa shape index (κ3) is 4.14. The van der Waals surface area contributed by atoms with Gasteiger partial charge in [-0.15, -0.1) is 0 Å². The quantitative estimate of drug-likeness (QED) is 0.785. The topological polar surface area (TPSA) is 50.7 Å². The summed E-state index contributed by atoms with van der Waals surface area (Å²) in [6.07, 6.45) is 2.36. The van der Waals surface area contributed by atoms with E-state index >= 15 is 0 Å². The maximum absolute atomic E-state index is 12.2. The molecule has 1 amide bonds. The summed E-state index contributed by atoms with van der Waals surface area (Å²) in [6, 6.07) is 13.4. The second kappa shape index (κ2) is 7.75. The molecule has 1 N–H and O–H groups in total. The van der Waals surface area contributed by atoms with E-state index in [1.165, 1.54) is 0 Å². The molecule has 0 atom stereocenters. The first-order valence-electron chi connectivity index (χ1n) is 8.49. The largest absolute Gasteiger partial charge is 0.496 e. The number of amidine groups is 1. The van der Waals surface area contributed by atoms with Crippen LogP contribution in [0.1, 0.15) is 36.5 Å². The van der Waals surface area contributed by atoms with Gasteiger partial charge in [-0.25, -0.2) is 4.99 Å². The Morgan fingerprint density at radius 2 is 1.92 bits per heavy atom. The molecule has 3 rings (SSSR count). The summed E-state index contributed by atoms with van der Waals surface area (Å²) in [5, 5.41) is 3.52. The molecule has 1 aliphatic heterocycles. The van der Waals surface area contributed by atoms with Gasteiger partial charge in [-0.3, -0.25) is 4.79 Å². The number of ether oxygens (including phenoxy) is 1. The Balaban J connectivity index is 1.84. The summed E-state index contributed by atoms with van der Waals surface area (Å²) in [6.45, 7) is 4.22. The fourth-order valence-electron chi connectivity index (χ4n) is 2.85. The highest BCUT2D eigenvalue weighted by Crippen LogP contribution is 2.28. The van der Waals surface area contributed by atoms with Crippen LogP contribution in [-0.4, -0.2) is 18.9 Å². The van der Waals surface area contributed by atoms with Gasteiger partial charge in [0.2, 0.25) is 0 Å². The number of amides is 1. The Kier molecular flexibility index (Phi) is 5.43. The Hall–Kier alpha value is -2.59. The third-order valence-electron chi connectivity index (χ3n) is 4.21. The molecule has 0 saturated carbocycles. The maximum Gasteiger partial charge on any atom is 0.275 e. The van der Waals surface area contributed by atoms with Crippen LogP contribution in [0.4, 0.5) is 0 Å². The van der Waals surface area contributed by atoms with Crippen molar-refractivity contribution >= 4 is 29.4 Å². The van der Waals surface area contributed by atoms with Crippen LogP contribution in [0.3, 0.4) is 0 Å². The fourth-order valence-corrected chi connectivity index (χ4v) is 2.97. The van der Waals surface area contributed by atoms with Crippen LogP contribution in [0.5, 0.6) is 5.75 Å². The summed E-state index contributed by atoms with van der Waals surface area (Å²) in [4.78, 5) is 16.7. The number of nitrogens with zero attached hydrogens (tertiary/aromatic N) is 1. The Labute approximate surface area is 158 Å². The molecule has 0 fully saturated rings. The molecule has 2 aromatic carbocycles. The minimum Gasteiger partial charge on any atom is -0.496 e. The number of nitrogens with one attached hydrogen (secondary N) is 1. The highest BCUT2D eigenvalue weighted by atomic mass is 35.5. The van der Waals surface area contributed by atoms with Gasteiger partial charge in [0.15, 0.2) is 0 Å². The van der Waals surface area contributed by atoms with Crippen molar-refractivity contribution in [1.82, 2.24) is 5.32 Å². The number of carbonyl (C=O) groups is 1. The van der Waals surface area contributed by atoms with Crippen molar-refractivity contribution in [2.45, 2.75) is 26.2 Å². The molecular formula is C21H21ClN2O2. The molecule has 2 aromatic rings. The second-order valence-electron chi connectivity index (χ2n) is 6.50. The minimum absolute atomic E-state index is 0.184. The van der Waals surface area contributed by atoms with Gasteiger partial charge in [-0.2, -0.15) is 0 Å². The van der Waals surface area contributed by atoms with Gasteiger partial charge in [0.1, 0.15) is 17.3 Å². The van der Waals surface area contributed by atoms with Gasteiger partial charge >= 0.3 is 0 Å². The number of rotatable bonds is 5. The summed E-state index contributed by atoms with van der Waals surface area (Å²) in [5.41, 5.74) is 3.48. The van der Waals surface area contributed by atoms with Crippen LogP contribution >= 0.6 is 11.6 Å². The van der Waals surface area contributed by atoms with Crippen molar-refractivity contribution in [3.05, 3.63) is 69.9 Å². The molecule has 1 heterocycles. The van der Waals surface area contributed by atoms with Crippen LogP contribution < -0.4 is 10.1 Å². The lowest BCUT2D eigenvalue weighted by Crippen LogP contribution is -2.25. The fraction of sp³-hybridized carbons (Fsp3) is 0.238. The van der Waals surface area contributed by atoms with Gasteiger partial charge in [-0.1, -0.05) is 43.6 Å². The molecule has 0 saturated heterocycles. The smallest absolute Gasteiger partial charge is 0.275 e. The zero-order chi connectivity index (χ0) is 18.7. The number of aliphatic imine (C=N–C) groups is 1. The number of methoxy groups -OCH3 is 1. The van der Waals surface area contributed by atoms with E-state index in [4.69, 9.17) is 16.3 Å². The number of hydrogen-bond acceptors (Lipinski definition) is 3. The zero-order valence-electron chi connectivity index (χ0n) is 15.0. The number of hydrogen-bond donors (Lipinski definition) is 1. The normalized spacial score (nSPS) is 15.3. The summed E-state index contributed by atoms with van der Waals surface area (Å²) < 4.78 is 5.41. The van der Waals surface area contributed by atoms with Crippen LogP contribution in [-0.2, 0) is 11.2 Å². The van der Waals surface area contributed by atoms with E-state index in [0.717, 1.165) is 22.4 Å². The summed E-state index contributed by atoms with van der Waals surface area (Å²) >= 11 is 5.90. The van der Waals surface area contributed by atoms with E-state index in [1.807, 2.05) is 42.5 Å². The molecular weight excluding hydrogens is 348 g/mol. The lowest BCUT2D eigenvalue weighted by atomic mass is 9.99. The van der Waals surface area contributed by atoms with Crippen LogP contribution in [0.2, 0.25) is 5.02 Å². The molecule has 0 radical (unpaired) electrons. The third-order valence-corrected chi connectivity index (χ3v) is 4.46. The van der Waals surface area contributed by atoms with Gasteiger partial charge in [0.25, 0.3) is 5.91 Å². The van der Waals surface area contributed by atoms with E-state index in [1.54, 1.807) is 13.2 Å². The average Bonchev–Trinajstić information content (AvgIpc) is 2.96. The second-order valence-corrected chi connectivity index (χ2v) is 6.94. The standard InChI is InChI=1S/C21H21ClN2O2/c1-13(2)17-10-15(6-9-19(17)26-3)11-18-21(25)24-20(23-18)12-14-4-7-16(22)8-5-14/h4-11,13H,12H2,1-3H3,(H,23,24,25)/b18-11+. The number of benzene rings is 2. The highest BCUT2D eigenvalue weighted by Gasteiger charge is 2.20. The van der Waals surface area contributed by atoms with Crippen molar-refractivity contribution in [2.24, 2.45) is 4.99 Å². The van der Waals surface area contributed by atoms with E-state index in [2.05, 4.69) is 24.2 Å². The zero-order valence-corrected chi connectivity index (χ0v) is 15.8. The maximum atomic E-state index is 12.2. The molecule has 5 heteroatoms. The molecule has 0 aromatic heterocycles. The lowest BCUT2D eigenvalue weighted by Gasteiger charge is -2.12. The molecule has 0 unspecified atom stereocenters. The first-order valence-corrected chi connectivity index (χ1v) is 8.87. The predicted octanol–water partition coefficient (Wildman–Crippen LogP) is 4.58. The highest BCUT2D eigenvalue weighted by molar-refractivity contribution is 6.30. The first kappa shape index (κ1) is 18.2. The Morgan fingerprint density at radius 3 is 2.58 bits per heavy atom. The summed E-state index contributed by atoms with van der Waals surface area (Å²) in [5.74, 6) is 1.63. The molecule has 134 valence electrons. The van der Waals surface area contributed by atoms with Gasteiger partial charge < -0.3 is 10.1 Å². The molecule has 1 aliphatic rings. The van der Waals surface area contributed by atoms with Crippen LogP contribution in [0.25, 0.3) is 6.08 Å². The van der Waals surface area contributed by atoms with Gasteiger partial charge in [-0.05, 0) is 52.9 Å². The van der Waals surface area contributed by atoms with E-state index in [9.17, 15) is 4.79 Å². The minimum atomic E-state index is -0.184. The van der Waals surface area contributed by atoms with E-state index < -0.39 is 0 Å². The lowest BCUT2D eigenvalue weighted by molar-refractivity contribution is -0.115. The van der Waals surface area contributed by atoms with Crippen molar-refractivity contribution < 1.29 is 9.53 Å². The van der Waals surface area contributed by atoms with E-state index in [-0.39, 0.29) is 5.91 Å². The number of halogens is 1. The van der Waals surface area contributed by atoms with E-state index in [0.29, 0.717) is 28.9 Å². The molecule has 0 aliphatic carbocycles. The number of carbonyl (C=O) groups excluding carboxylic acids is 1. The summed E-state index contributed by atoms with van der Waals surface area (Å²) in [7, 11) is 1.66. The molecule has 26 heavy (non-hydrogen) atoms. The molecule has 0 bridgehead atoms. The van der Waals surface area contributed by atoms with Crippen molar-refractivity contribution in [3.63, 3.8) is 0 Å².